The zero-order valence-corrected chi connectivity index (χ0v) is 12.8. The molecule has 5 nitrogen and oxygen atoms in total. The fourth-order valence-corrected chi connectivity index (χ4v) is 3.41. The van der Waals surface area contributed by atoms with Crippen LogP contribution >= 0.6 is 27.5 Å². The van der Waals surface area contributed by atoms with E-state index in [0.29, 0.717) is 11.4 Å². The second kappa shape index (κ2) is 6.17. The predicted octanol–water partition coefficient (Wildman–Crippen LogP) is 1.92. The maximum absolute atomic E-state index is 11.9. The second-order valence-electron chi connectivity index (χ2n) is 3.74. The van der Waals surface area contributed by atoms with Gasteiger partial charge < -0.3 is 0 Å². The fourth-order valence-electron chi connectivity index (χ4n) is 1.36. The molecule has 1 unspecified atom stereocenters. The Balaban J connectivity index is 2.64. The SMILES string of the molecule is CC(Br)CCCNS(=O)(=O)c1c(Cl)cnn1C. The maximum Gasteiger partial charge on any atom is 0.259 e. The fraction of sp³-hybridized carbons (Fsp3) is 0.667. The number of hydrogen-bond donors (Lipinski definition) is 1. The van der Waals surface area contributed by atoms with Gasteiger partial charge in [0.2, 0.25) is 0 Å². The van der Waals surface area contributed by atoms with Crippen LogP contribution < -0.4 is 4.72 Å². The topological polar surface area (TPSA) is 64.0 Å². The number of nitrogens with zero attached hydrogens (tertiary/aromatic N) is 2. The molecule has 0 aliphatic carbocycles. The Kier molecular flexibility index (Phi) is 5.43. The van der Waals surface area contributed by atoms with E-state index >= 15 is 0 Å². The van der Waals surface area contributed by atoms with Crippen LogP contribution in [0.15, 0.2) is 11.2 Å². The van der Waals surface area contributed by atoms with Gasteiger partial charge in [-0.15, -0.1) is 0 Å². The van der Waals surface area contributed by atoms with E-state index < -0.39 is 10.0 Å². The third kappa shape index (κ3) is 4.24. The van der Waals surface area contributed by atoms with Crippen molar-refractivity contribution in [1.82, 2.24) is 14.5 Å². The number of aromatic nitrogens is 2. The van der Waals surface area contributed by atoms with E-state index in [-0.39, 0.29) is 10.0 Å². The van der Waals surface area contributed by atoms with E-state index in [2.05, 4.69) is 25.8 Å². The van der Waals surface area contributed by atoms with Gasteiger partial charge in [0.05, 0.1) is 11.2 Å². The molecule has 1 N–H and O–H groups in total. The van der Waals surface area contributed by atoms with Crippen LogP contribution in [0.4, 0.5) is 0 Å². The zero-order valence-electron chi connectivity index (χ0n) is 9.65. The van der Waals surface area contributed by atoms with Crippen molar-refractivity contribution in [2.45, 2.75) is 29.6 Å². The van der Waals surface area contributed by atoms with Gasteiger partial charge >= 0.3 is 0 Å². The van der Waals surface area contributed by atoms with Gasteiger partial charge in [-0.25, -0.2) is 13.1 Å². The maximum atomic E-state index is 11.9. The van der Waals surface area contributed by atoms with E-state index in [1.54, 1.807) is 7.05 Å². The molecule has 0 aliphatic heterocycles. The highest BCUT2D eigenvalue weighted by atomic mass is 79.9. The quantitative estimate of drug-likeness (QED) is 0.633. The number of alkyl halides is 1. The molecule has 0 aliphatic rings. The van der Waals surface area contributed by atoms with Crippen molar-refractivity contribution in [3.8, 4) is 0 Å². The van der Waals surface area contributed by atoms with Crippen molar-refractivity contribution in [2.75, 3.05) is 6.54 Å². The molecule has 0 spiro atoms. The summed E-state index contributed by atoms with van der Waals surface area (Å²) in [4.78, 5) is 0.382. The van der Waals surface area contributed by atoms with Crippen molar-refractivity contribution < 1.29 is 8.42 Å². The molecule has 8 heteroatoms. The third-order valence-electron chi connectivity index (χ3n) is 2.17. The van der Waals surface area contributed by atoms with Crippen LogP contribution in [0, 0.1) is 0 Å². The molecular formula is C9H15BrClN3O2S. The predicted molar refractivity (Wildman–Crippen MR) is 71.0 cm³/mol. The third-order valence-corrected chi connectivity index (χ3v) is 4.59. The lowest BCUT2D eigenvalue weighted by Crippen LogP contribution is -2.27. The molecule has 1 atom stereocenters. The van der Waals surface area contributed by atoms with E-state index in [1.807, 2.05) is 6.92 Å². The summed E-state index contributed by atoms with van der Waals surface area (Å²) in [6, 6.07) is 0. The largest absolute Gasteiger partial charge is 0.259 e. The lowest BCUT2D eigenvalue weighted by molar-refractivity contribution is 0.559. The Bertz CT molecular complexity index is 453. The normalized spacial score (nSPS) is 13.9. The summed E-state index contributed by atoms with van der Waals surface area (Å²) < 4.78 is 27.6. The van der Waals surface area contributed by atoms with Gasteiger partial charge in [0.15, 0.2) is 5.03 Å². The Morgan fingerprint density at radius 1 is 1.65 bits per heavy atom. The number of halogens is 2. The van der Waals surface area contributed by atoms with Crippen LogP contribution in [0.3, 0.4) is 0 Å². The molecule has 0 radical (unpaired) electrons. The van der Waals surface area contributed by atoms with Gasteiger partial charge in [0.25, 0.3) is 10.0 Å². The summed E-state index contributed by atoms with van der Waals surface area (Å²) >= 11 is 9.19. The minimum Gasteiger partial charge on any atom is -0.255 e. The van der Waals surface area contributed by atoms with Crippen molar-refractivity contribution in [3.63, 3.8) is 0 Å². The van der Waals surface area contributed by atoms with E-state index in [0.717, 1.165) is 12.8 Å². The second-order valence-corrected chi connectivity index (χ2v) is 7.39. The Morgan fingerprint density at radius 3 is 2.76 bits per heavy atom. The summed E-state index contributed by atoms with van der Waals surface area (Å²) in [6.45, 7) is 2.41. The van der Waals surface area contributed by atoms with Crippen LogP contribution in [0.2, 0.25) is 5.02 Å². The molecule has 0 aromatic carbocycles. The average molecular weight is 345 g/mol. The lowest BCUT2D eigenvalue weighted by atomic mass is 10.2. The Morgan fingerprint density at radius 2 is 2.29 bits per heavy atom. The van der Waals surface area contributed by atoms with E-state index in [1.165, 1.54) is 10.9 Å². The number of nitrogens with one attached hydrogen (secondary N) is 1. The summed E-state index contributed by atoms with van der Waals surface area (Å²) in [5.74, 6) is 0. The van der Waals surface area contributed by atoms with E-state index in [4.69, 9.17) is 11.6 Å². The molecule has 0 saturated carbocycles. The Hall–Kier alpha value is -0.110. The van der Waals surface area contributed by atoms with Gasteiger partial charge in [0, 0.05) is 18.4 Å². The summed E-state index contributed by atoms with van der Waals surface area (Å²) in [5.41, 5.74) is 0. The van der Waals surface area contributed by atoms with Crippen LogP contribution in [0.25, 0.3) is 0 Å². The smallest absolute Gasteiger partial charge is 0.255 e. The first-order chi connectivity index (χ1) is 7.84. The molecule has 17 heavy (non-hydrogen) atoms. The molecule has 0 fully saturated rings. The number of hydrogen-bond acceptors (Lipinski definition) is 3. The zero-order chi connectivity index (χ0) is 13.1. The highest BCUT2D eigenvalue weighted by Gasteiger charge is 2.21. The van der Waals surface area contributed by atoms with Crippen LogP contribution in [0.1, 0.15) is 19.8 Å². The highest BCUT2D eigenvalue weighted by molar-refractivity contribution is 9.09. The van der Waals surface area contributed by atoms with Crippen molar-refractivity contribution in [2.24, 2.45) is 7.05 Å². The van der Waals surface area contributed by atoms with Crippen LogP contribution in [-0.2, 0) is 17.1 Å². The molecule has 0 amide bonds. The number of rotatable bonds is 6. The monoisotopic (exact) mass is 343 g/mol. The lowest BCUT2D eigenvalue weighted by Gasteiger charge is -2.08. The summed E-state index contributed by atoms with van der Waals surface area (Å²) in [5, 5.41) is 3.94. The van der Waals surface area contributed by atoms with Crippen molar-refractivity contribution in [3.05, 3.63) is 11.2 Å². The summed E-state index contributed by atoms with van der Waals surface area (Å²) in [6.07, 6.45) is 2.99. The van der Waals surface area contributed by atoms with Crippen LogP contribution in [-0.4, -0.2) is 29.6 Å². The van der Waals surface area contributed by atoms with Crippen LogP contribution in [0.5, 0.6) is 0 Å². The standard InChI is InChI=1S/C9H15BrClN3O2S/c1-7(10)4-3-5-13-17(15,16)9-8(11)6-12-14(9)2/h6-7,13H,3-5H2,1-2H3. The Labute approximate surface area is 115 Å². The summed E-state index contributed by atoms with van der Waals surface area (Å²) in [7, 11) is -2.03. The first kappa shape index (κ1) is 14.9. The molecular weight excluding hydrogens is 330 g/mol. The molecule has 0 saturated heterocycles. The molecule has 1 aromatic heterocycles. The molecule has 1 aromatic rings. The number of sulfonamides is 1. The molecule has 0 bridgehead atoms. The van der Waals surface area contributed by atoms with E-state index in [9.17, 15) is 8.42 Å². The van der Waals surface area contributed by atoms with Gasteiger partial charge in [-0.3, -0.25) is 4.68 Å². The first-order valence-electron chi connectivity index (χ1n) is 5.16. The van der Waals surface area contributed by atoms with Gasteiger partial charge in [-0.05, 0) is 12.8 Å². The molecule has 98 valence electrons. The number of aryl methyl sites for hydroxylation is 1. The average Bonchev–Trinajstić information content (AvgIpc) is 2.53. The minimum absolute atomic E-state index is 0.00561. The van der Waals surface area contributed by atoms with Crippen molar-refractivity contribution >= 4 is 37.6 Å². The minimum atomic E-state index is -3.57. The molecule has 1 heterocycles. The highest BCUT2D eigenvalue weighted by Crippen LogP contribution is 2.19. The van der Waals surface area contributed by atoms with Gasteiger partial charge in [-0.1, -0.05) is 34.5 Å². The van der Waals surface area contributed by atoms with Crippen molar-refractivity contribution in [1.29, 1.82) is 0 Å². The first-order valence-corrected chi connectivity index (χ1v) is 7.93. The van der Waals surface area contributed by atoms with Gasteiger partial charge in [0.1, 0.15) is 0 Å². The van der Waals surface area contributed by atoms with Gasteiger partial charge in [-0.2, -0.15) is 5.10 Å². The molecule has 1 rings (SSSR count).